The van der Waals surface area contributed by atoms with Gasteiger partial charge >= 0.3 is 5.97 Å². The molecule has 0 saturated carbocycles. The van der Waals surface area contributed by atoms with E-state index < -0.39 is 11.9 Å². The molecule has 4 nitrogen and oxygen atoms in total. The zero-order chi connectivity index (χ0) is 20.7. The van der Waals surface area contributed by atoms with Crippen LogP contribution in [0.3, 0.4) is 0 Å². The predicted octanol–water partition coefficient (Wildman–Crippen LogP) is 6.47. The number of hydrogen-bond acceptors (Lipinski definition) is 3. The second kappa shape index (κ2) is 13.4. The Balaban J connectivity index is 1.46. The molecule has 29 heavy (non-hydrogen) atoms. The molecule has 0 aromatic heterocycles. The lowest BCUT2D eigenvalue weighted by Gasteiger charge is -2.08. The summed E-state index contributed by atoms with van der Waals surface area (Å²) in [4.78, 5) is 10.8. The summed E-state index contributed by atoms with van der Waals surface area (Å²) in [6, 6.07) is 20.4. The first-order chi connectivity index (χ1) is 14.2. The first-order valence-electron chi connectivity index (χ1n) is 10.6. The molecule has 0 fully saturated rings. The Morgan fingerprint density at radius 1 is 0.828 bits per heavy atom. The van der Waals surface area contributed by atoms with Crippen LogP contribution in [0.4, 0.5) is 0 Å². The SMILES string of the molecule is N#CC(CCCCCCCCCCOc1ccc(-c2ccccc2)cc1)C(=O)O. The smallest absolute Gasteiger partial charge is 0.320 e. The fraction of sp³-hybridized carbons (Fsp3) is 0.440. The summed E-state index contributed by atoms with van der Waals surface area (Å²) in [7, 11) is 0. The normalized spacial score (nSPS) is 11.6. The maximum absolute atomic E-state index is 10.8. The summed E-state index contributed by atoms with van der Waals surface area (Å²) < 4.78 is 5.83. The third kappa shape index (κ3) is 8.83. The molecule has 154 valence electrons. The molecule has 0 heterocycles. The molecule has 0 saturated heterocycles. The number of unbranched alkanes of at least 4 members (excludes halogenated alkanes) is 7. The van der Waals surface area contributed by atoms with Crippen LogP contribution >= 0.6 is 0 Å². The Morgan fingerprint density at radius 2 is 1.38 bits per heavy atom. The van der Waals surface area contributed by atoms with Crippen LogP contribution < -0.4 is 4.74 Å². The second-order valence-electron chi connectivity index (χ2n) is 7.38. The van der Waals surface area contributed by atoms with Crippen molar-refractivity contribution in [2.45, 2.75) is 57.8 Å². The number of carbonyl (C=O) groups is 1. The van der Waals surface area contributed by atoms with Crippen LogP contribution in [0.25, 0.3) is 11.1 Å². The minimum Gasteiger partial charge on any atom is -0.494 e. The Kier molecular flexibility index (Phi) is 10.4. The third-order valence-electron chi connectivity index (χ3n) is 5.07. The van der Waals surface area contributed by atoms with Gasteiger partial charge in [0.15, 0.2) is 0 Å². The third-order valence-corrected chi connectivity index (χ3v) is 5.07. The van der Waals surface area contributed by atoms with Gasteiger partial charge in [0.05, 0.1) is 12.7 Å². The van der Waals surface area contributed by atoms with Gasteiger partial charge in [0, 0.05) is 0 Å². The quantitative estimate of drug-likeness (QED) is 0.374. The first kappa shape index (κ1) is 22.5. The molecular formula is C25H31NO3. The number of ether oxygens (including phenoxy) is 1. The van der Waals surface area contributed by atoms with E-state index in [-0.39, 0.29) is 0 Å². The maximum atomic E-state index is 10.8. The fourth-order valence-electron chi connectivity index (χ4n) is 3.32. The van der Waals surface area contributed by atoms with E-state index in [0.717, 1.165) is 44.5 Å². The van der Waals surface area contributed by atoms with Gasteiger partial charge in [-0.15, -0.1) is 0 Å². The lowest BCUT2D eigenvalue weighted by molar-refractivity contribution is -0.140. The highest BCUT2D eigenvalue weighted by molar-refractivity contribution is 5.72. The Morgan fingerprint density at radius 3 is 1.97 bits per heavy atom. The highest BCUT2D eigenvalue weighted by Gasteiger charge is 2.14. The molecule has 0 aliphatic rings. The topological polar surface area (TPSA) is 70.3 Å². The molecule has 0 amide bonds. The van der Waals surface area contributed by atoms with Gasteiger partial charge in [0.25, 0.3) is 0 Å². The van der Waals surface area contributed by atoms with E-state index in [4.69, 9.17) is 15.1 Å². The van der Waals surface area contributed by atoms with Gasteiger partial charge in [-0.25, -0.2) is 0 Å². The summed E-state index contributed by atoms with van der Waals surface area (Å²) >= 11 is 0. The summed E-state index contributed by atoms with van der Waals surface area (Å²) in [5.41, 5.74) is 2.41. The number of rotatable bonds is 14. The van der Waals surface area contributed by atoms with Crippen molar-refractivity contribution in [2.75, 3.05) is 6.61 Å². The van der Waals surface area contributed by atoms with E-state index in [2.05, 4.69) is 24.3 Å². The minimum atomic E-state index is -0.998. The average molecular weight is 394 g/mol. The molecule has 2 aromatic rings. The molecule has 0 bridgehead atoms. The highest BCUT2D eigenvalue weighted by atomic mass is 16.5. The van der Waals surface area contributed by atoms with Crippen molar-refractivity contribution in [3.63, 3.8) is 0 Å². The molecule has 1 atom stereocenters. The average Bonchev–Trinajstić information content (AvgIpc) is 2.75. The molecule has 0 spiro atoms. The molecular weight excluding hydrogens is 362 g/mol. The highest BCUT2D eigenvalue weighted by Crippen LogP contribution is 2.22. The Bertz CT molecular complexity index is 750. The molecule has 2 rings (SSSR count). The van der Waals surface area contributed by atoms with Gasteiger partial charge in [0.1, 0.15) is 11.7 Å². The number of aliphatic carboxylic acids is 1. The number of carboxylic acids is 1. The van der Waals surface area contributed by atoms with E-state index >= 15 is 0 Å². The number of nitrogens with zero attached hydrogens (tertiary/aromatic N) is 1. The molecule has 4 heteroatoms. The predicted molar refractivity (Wildman–Crippen MR) is 116 cm³/mol. The molecule has 2 aromatic carbocycles. The van der Waals surface area contributed by atoms with E-state index in [9.17, 15) is 4.79 Å². The molecule has 0 aliphatic heterocycles. The lowest BCUT2D eigenvalue weighted by Crippen LogP contribution is -2.10. The van der Waals surface area contributed by atoms with Crippen molar-refractivity contribution in [1.29, 1.82) is 5.26 Å². The first-order valence-corrected chi connectivity index (χ1v) is 10.6. The minimum absolute atomic E-state index is 0.468. The monoisotopic (exact) mass is 393 g/mol. The zero-order valence-corrected chi connectivity index (χ0v) is 17.1. The van der Waals surface area contributed by atoms with Crippen LogP contribution in [0.5, 0.6) is 5.75 Å². The number of nitriles is 1. The lowest BCUT2D eigenvalue weighted by atomic mass is 10.0. The standard InChI is InChI=1S/C25H31NO3/c26-20-23(25(27)28)14-8-5-3-1-2-4-6-11-19-29-24-17-15-22(16-18-24)21-12-9-7-10-13-21/h7,9-10,12-13,15-18,23H,1-6,8,11,14,19H2,(H,27,28). The van der Waals surface area contributed by atoms with Crippen LogP contribution in [0, 0.1) is 17.2 Å². The van der Waals surface area contributed by atoms with E-state index in [1.54, 1.807) is 0 Å². The van der Waals surface area contributed by atoms with Gasteiger partial charge in [0.2, 0.25) is 0 Å². The van der Waals surface area contributed by atoms with Crippen molar-refractivity contribution in [3.05, 3.63) is 54.6 Å². The van der Waals surface area contributed by atoms with Gasteiger partial charge in [-0.1, -0.05) is 87.4 Å². The van der Waals surface area contributed by atoms with Crippen LogP contribution in [0.2, 0.25) is 0 Å². The molecule has 0 aliphatic carbocycles. The largest absolute Gasteiger partial charge is 0.494 e. The maximum Gasteiger partial charge on any atom is 0.320 e. The summed E-state index contributed by atoms with van der Waals surface area (Å²) in [5.74, 6) is -0.923. The van der Waals surface area contributed by atoms with Crippen LogP contribution in [-0.2, 0) is 4.79 Å². The van der Waals surface area contributed by atoms with Crippen molar-refractivity contribution in [2.24, 2.45) is 5.92 Å². The van der Waals surface area contributed by atoms with Gasteiger partial charge in [-0.05, 0) is 36.1 Å². The summed E-state index contributed by atoms with van der Waals surface area (Å²) in [6.45, 7) is 0.745. The Labute approximate surface area is 174 Å². The zero-order valence-electron chi connectivity index (χ0n) is 17.1. The van der Waals surface area contributed by atoms with Crippen molar-refractivity contribution >= 4 is 5.97 Å². The second-order valence-corrected chi connectivity index (χ2v) is 7.38. The van der Waals surface area contributed by atoms with Gasteiger partial charge in [-0.3, -0.25) is 4.79 Å². The van der Waals surface area contributed by atoms with E-state index in [1.807, 2.05) is 36.4 Å². The molecule has 0 radical (unpaired) electrons. The van der Waals surface area contributed by atoms with Gasteiger partial charge < -0.3 is 9.84 Å². The summed E-state index contributed by atoms with van der Waals surface area (Å²) in [6.07, 6.45) is 9.21. The molecule has 1 unspecified atom stereocenters. The number of hydrogen-bond donors (Lipinski definition) is 1. The van der Waals surface area contributed by atoms with Crippen LogP contribution in [0.15, 0.2) is 54.6 Å². The van der Waals surface area contributed by atoms with Crippen molar-refractivity contribution in [3.8, 4) is 22.9 Å². The molecule has 1 N–H and O–H groups in total. The number of benzene rings is 2. The van der Waals surface area contributed by atoms with Crippen molar-refractivity contribution in [1.82, 2.24) is 0 Å². The fourth-order valence-corrected chi connectivity index (χ4v) is 3.32. The van der Waals surface area contributed by atoms with Crippen LogP contribution in [-0.4, -0.2) is 17.7 Å². The summed E-state index contributed by atoms with van der Waals surface area (Å²) in [5, 5.41) is 17.5. The van der Waals surface area contributed by atoms with Crippen molar-refractivity contribution < 1.29 is 14.6 Å². The van der Waals surface area contributed by atoms with Gasteiger partial charge in [-0.2, -0.15) is 5.26 Å². The number of carboxylic acid groups (broad SMARTS) is 1. The van der Waals surface area contributed by atoms with Crippen LogP contribution in [0.1, 0.15) is 57.8 Å². The Hall–Kier alpha value is -2.80. The van der Waals surface area contributed by atoms with E-state index in [0.29, 0.717) is 6.42 Å². The van der Waals surface area contributed by atoms with E-state index in [1.165, 1.54) is 30.4 Å².